The van der Waals surface area contributed by atoms with Gasteiger partial charge in [-0.15, -0.1) is 0 Å². The summed E-state index contributed by atoms with van der Waals surface area (Å²) < 4.78 is 6.03. The third-order valence-corrected chi connectivity index (χ3v) is 2.51. The average molecular weight is 215 g/mol. The average Bonchev–Trinajstić information content (AvgIpc) is 2.25. The summed E-state index contributed by atoms with van der Waals surface area (Å²) in [5.41, 5.74) is -0.364. The van der Waals surface area contributed by atoms with Gasteiger partial charge in [0.2, 0.25) is 5.78 Å². The molecule has 11 heavy (non-hydrogen) atoms. The predicted molar refractivity (Wildman–Crippen MR) is 44.4 cm³/mol. The Bertz CT molecular complexity index is 280. The van der Waals surface area contributed by atoms with Gasteiger partial charge in [-0.25, -0.2) is 0 Å². The van der Waals surface area contributed by atoms with Crippen LogP contribution in [0, 0.1) is 0 Å². The van der Waals surface area contributed by atoms with Crippen molar-refractivity contribution in [3.63, 3.8) is 0 Å². The van der Waals surface area contributed by atoms with Crippen LogP contribution in [-0.4, -0.2) is 17.5 Å². The van der Waals surface area contributed by atoms with Crippen molar-refractivity contribution >= 4 is 21.7 Å². The lowest BCUT2D eigenvalue weighted by atomic mass is 10.1. The molecule has 2 heterocycles. The summed E-state index contributed by atoms with van der Waals surface area (Å²) in [7, 11) is 0. The van der Waals surface area contributed by atoms with Gasteiger partial charge in [0.15, 0.2) is 0 Å². The Kier molecular flexibility index (Phi) is 1.35. The maximum absolute atomic E-state index is 11.2. The molecule has 0 aromatic rings. The topological polar surface area (TPSA) is 26.3 Å². The lowest BCUT2D eigenvalue weighted by Gasteiger charge is -2.25. The van der Waals surface area contributed by atoms with Crippen molar-refractivity contribution in [2.24, 2.45) is 0 Å². The van der Waals surface area contributed by atoms with E-state index in [1.165, 1.54) is 0 Å². The highest BCUT2D eigenvalue weighted by Crippen LogP contribution is 2.34. The molecule has 0 aliphatic carbocycles. The first-order valence-electron chi connectivity index (χ1n) is 3.40. The standard InChI is InChI=1S/C8H7BrO2/c1-8-3-2-6(11-8)7(10)5(9)4-8/h2-4,6H,1H3. The zero-order valence-electron chi connectivity index (χ0n) is 6.00. The van der Waals surface area contributed by atoms with Crippen LogP contribution in [0.25, 0.3) is 0 Å². The van der Waals surface area contributed by atoms with Crippen molar-refractivity contribution in [1.82, 2.24) is 0 Å². The van der Waals surface area contributed by atoms with Crippen molar-refractivity contribution < 1.29 is 9.53 Å². The summed E-state index contributed by atoms with van der Waals surface area (Å²) in [4.78, 5) is 11.2. The van der Waals surface area contributed by atoms with Crippen LogP contribution in [0.2, 0.25) is 0 Å². The Morgan fingerprint density at radius 2 is 2.45 bits per heavy atom. The molecule has 2 bridgehead atoms. The second kappa shape index (κ2) is 2.05. The number of hydrogen-bond acceptors (Lipinski definition) is 2. The normalized spacial score (nSPS) is 41.1. The first-order valence-corrected chi connectivity index (χ1v) is 4.20. The quantitative estimate of drug-likeness (QED) is 0.573. The monoisotopic (exact) mass is 214 g/mol. The molecule has 2 aliphatic rings. The first kappa shape index (κ1) is 7.25. The van der Waals surface area contributed by atoms with Crippen LogP contribution >= 0.6 is 15.9 Å². The number of carbonyl (C=O) groups is 1. The second-order valence-corrected chi connectivity index (χ2v) is 3.79. The fraction of sp³-hybridized carbons (Fsp3) is 0.375. The van der Waals surface area contributed by atoms with E-state index in [9.17, 15) is 4.79 Å². The number of fused-ring (bicyclic) bond motifs is 2. The van der Waals surface area contributed by atoms with E-state index in [4.69, 9.17) is 4.74 Å². The van der Waals surface area contributed by atoms with E-state index < -0.39 is 0 Å². The zero-order chi connectivity index (χ0) is 8.06. The van der Waals surface area contributed by atoms with Gasteiger partial charge < -0.3 is 4.74 Å². The number of ketones is 1. The molecule has 2 unspecified atom stereocenters. The van der Waals surface area contributed by atoms with E-state index in [-0.39, 0.29) is 17.5 Å². The van der Waals surface area contributed by atoms with Crippen molar-refractivity contribution in [2.75, 3.05) is 0 Å². The first-order chi connectivity index (χ1) is 5.11. The molecule has 0 fully saturated rings. The summed E-state index contributed by atoms with van der Waals surface area (Å²) in [6.45, 7) is 1.93. The minimum atomic E-state index is -0.364. The minimum Gasteiger partial charge on any atom is -0.352 e. The van der Waals surface area contributed by atoms with Gasteiger partial charge in [0.1, 0.15) is 11.7 Å². The van der Waals surface area contributed by atoms with Gasteiger partial charge in [-0.1, -0.05) is 6.08 Å². The van der Waals surface area contributed by atoms with Crippen LogP contribution in [0.5, 0.6) is 0 Å². The lowest BCUT2D eigenvalue weighted by molar-refractivity contribution is -0.127. The van der Waals surface area contributed by atoms with Gasteiger partial charge in [0.05, 0.1) is 4.48 Å². The third kappa shape index (κ3) is 0.993. The molecule has 0 spiro atoms. The molecule has 2 atom stereocenters. The Balaban J connectivity index is 2.48. The molecular formula is C8H7BrO2. The second-order valence-electron chi connectivity index (χ2n) is 2.94. The Morgan fingerprint density at radius 3 is 3.18 bits per heavy atom. The molecule has 0 amide bonds. The lowest BCUT2D eigenvalue weighted by Crippen LogP contribution is -2.33. The molecule has 0 aromatic heterocycles. The SMILES string of the molecule is CC12C=CC(O1)C(=O)C(Br)=C2. The number of hydrogen-bond donors (Lipinski definition) is 0. The van der Waals surface area contributed by atoms with Gasteiger partial charge in [-0.3, -0.25) is 4.79 Å². The zero-order valence-corrected chi connectivity index (χ0v) is 7.59. The van der Waals surface area contributed by atoms with Crippen LogP contribution < -0.4 is 0 Å². The van der Waals surface area contributed by atoms with E-state index in [2.05, 4.69) is 15.9 Å². The molecule has 0 radical (unpaired) electrons. The van der Waals surface area contributed by atoms with Crippen molar-refractivity contribution in [2.45, 2.75) is 18.6 Å². The number of Topliss-reactive ketones (excluding diaryl/α,β-unsaturated/α-hetero) is 1. The summed E-state index contributed by atoms with van der Waals surface area (Å²) in [5.74, 6) is 0.0104. The number of rotatable bonds is 0. The molecule has 2 rings (SSSR count). The van der Waals surface area contributed by atoms with E-state index >= 15 is 0 Å². The number of carbonyl (C=O) groups excluding carboxylic acids is 1. The largest absolute Gasteiger partial charge is 0.352 e. The number of ether oxygens (including phenoxy) is 1. The van der Waals surface area contributed by atoms with Crippen molar-refractivity contribution in [3.8, 4) is 0 Å². The highest BCUT2D eigenvalue weighted by atomic mass is 79.9. The maximum atomic E-state index is 11.2. The third-order valence-electron chi connectivity index (χ3n) is 1.89. The van der Waals surface area contributed by atoms with E-state index in [1.807, 2.05) is 13.0 Å². The molecule has 0 aromatic carbocycles. The molecule has 3 heteroatoms. The smallest absolute Gasteiger partial charge is 0.202 e. The van der Waals surface area contributed by atoms with E-state index in [0.717, 1.165) is 0 Å². The summed E-state index contributed by atoms with van der Waals surface area (Å²) >= 11 is 3.20. The molecule has 0 saturated carbocycles. The van der Waals surface area contributed by atoms with Crippen LogP contribution in [0.3, 0.4) is 0 Å². The van der Waals surface area contributed by atoms with Gasteiger partial charge in [0.25, 0.3) is 0 Å². The van der Waals surface area contributed by atoms with Crippen LogP contribution in [-0.2, 0) is 9.53 Å². The molecule has 0 N–H and O–H groups in total. The number of halogens is 1. The summed E-state index contributed by atoms with van der Waals surface area (Å²) in [6, 6.07) is 0. The maximum Gasteiger partial charge on any atom is 0.202 e. The van der Waals surface area contributed by atoms with Gasteiger partial charge >= 0.3 is 0 Å². The predicted octanol–water partition coefficient (Wildman–Crippen LogP) is 1.56. The fourth-order valence-corrected chi connectivity index (χ4v) is 1.99. The molecule has 2 aliphatic heterocycles. The van der Waals surface area contributed by atoms with E-state index in [0.29, 0.717) is 4.48 Å². The Morgan fingerprint density at radius 1 is 1.73 bits per heavy atom. The minimum absolute atomic E-state index is 0.0104. The van der Waals surface area contributed by atoms with Crippen LogP contribution in [0.15, 0.2) is 22.7 Å². The van der Waals surface area contributed by atoms with Crippen molar-refractivity contribution in [3.05, 3.63) is 22.7 Å². The van der Waals surface area contributed by atoms with E-state index in [1.54, 1.807) is 12.2 Å². The highest BCUT2D eigenvalue weighted by molar-refractivity contribution is 9.12. The Labute approximate surface area is 73.0 Å². The Hall–Kier alpha value is -0.410. The molecular weight excluding hydrogens is 208 g/mol. The van der Waals surface area contributed by atoms with Crippen LogP contribution in [0.4, 0.5) is 0 Å². The van der Waals surface area contributed by atoms with Crippen molar-refractivity contribution in [1.29, 1.82) is 0 Å². The summed E-state index contributed by atoms with van der Waals surface area (Å²) in [5, 5.41) is 0. The van der Waals surface area contributed by atoms with Gasteiger partial charge in [0, 0.05) is 0 Å². The fourth-order valence-electron chi connectivity index (χ4n) is 1.31. The summed E-state index contributed by atoms with van der Waals surface area (Å²) in [6.07, 6.45) is 5.13. The molecule has 58 valence electrons. The molecule has 0 saturated heterocycles. The van der Waals surface area contributed by atoms with Gasteiger partial charge in [-0.2, -0.15) is 0 Å². The molecule has 2 nitrogen and oxygen atoms in total. The van der Waals surface area contributed by atoms with Gasteiger partial charge in [-0.05, 0) is 35.0 Å². The van der Waals surface area contributed by atoms with Crippen LogP contribution in [0.1, 0.15) is 6.92 Å². The highest BCUT2D eigenvalue weighted by Gasteiger charge is 2.38.